The van der Waals surface area contributed by atoms with Gasteiger partial charge in [-0.2, -0.15) is 0 Å². The molecule has 1 fully saturated rings. The Kier molecular flexibility index (Phi) is 4.15. The van der Waals surface area contributed by atoms with Crippen molar-refractivity contribution in [2.75, 3.05) is 19.7 Å². The number of aliphatic hydroxyl groups excluding tert-OH is 1. The molecule has 1 N–H and O–H groups in total. The van der Waals surface area contributed by atoms with Crippen LogP contribution in [-0.4, -0.2) is 51.5 Å². The van der Waals surface area contributed by atoms with E-state index in [0.29, 0.717) is 0 Å². The van der Waals surface area contributed by atoms with Gasteiger partial charge in [-0.05, 0) is 13.8 Å². The average molecular weight is 239 g/mol. The van der Waals surface area contributed by atoms with Crippen LogP contribution < -0.4 is 0 Å². The van der Waals surface area contributed by atoms with Gasteiger partial charge in [0.15, 0.2) is 0 Å². The van der Waals surface area contributed by atoms with Crippen molar-refractivity contribution in [3.05, 3.63) is 18.2 Å². The molecule has 0 aromatic carbocycles. The Morgan fingerprint density at radius 1 is 1.53 bits per heavy atom. The van der Waals surface area contributed by atoms with Crippen LogP contribution in [0.5, 0.6) is 0 Å². The number of aryl methyl sites for hydroxylation is 1. The van der Waals surface area contributed by atoms with Crippen LogP contribution in [0.25, 0.3) is 0 Å². The largest absolute Gasteiger partial charge is 0.394 e. The van der Waals surface area contributed by atoms with Crippen molar-refractivity contribution < 1.29 is 9.84 Å². The molecule has 0 saturated carbocycles. The first-order chi connectivity index (χ1) is 8.22. The molecule has 2 atom stereocenters. The molecule has 0 aliphatic carbocycles. The van der Waals surface area contributed by atoms with Crippen molar-refractivity contribution in [2.24, 2.45) is 0 Å². The van der Waals surface area contributed by atoms with Crippen LogP contribution in [0.15, 0.2) is 12.4 Å². The second-order valence-electron chi connectivity index (χ2n) is 4.57. The number of rotatable bonds is 4. The number of hydrogen-bond acceptors (Lipinski definition) is 4. The van der Waals surface area contributed by atoms with E-state index in [-0.39, 0.29) is 18.8 Å². The summed E-state index contributed by atoms with van der Waals surface area (Å²) in [5.74, 6) is 1.08. The normalized spacial score (nSPS) is 26.3. The van der Waals surface area contributed by atoms with Gasteiger partial charge in [0.1, 0.15) is 5.82 Å². The van der Waals surface area contributed by atoms with Crippen LogP contribution in [0.4, 0.5) is 0 Å². The maximum atomic E-state index is 9.18. The molecule has 2 unspecified atom stereocenters. The van der Waals surface area contributed by atoms with E-state index in [1.807, 2.05) is 19.3 Å². The second kappa shape index (κ2) is 5.62. The summed E-state index contributed by atoms with van der Waals surface area (Å²) in [4.78, 5) is 6.67. The summed E-state index contributed by atoms with van der Waals surface area (Å²) in [6.45, 7) is 7.68. The van der Waals surface area contributed by atoms with E-state index in [4.69, 9.17) is 4.74 Å². The molecular weight excluding hydrogens is 218 g/mol. The van der Waals surface area contributed by atoms with Crippen molar-refractivity contribution >= 4 is 0 Å². The van der Waals surface area contributed by atoms with E-state index >= 15 is 0 Å². The van der Waals surface area contributed by atoms with Crippen molar-refractivity contribution in [3.63, 3.8) is 0 Å². The van der Waals surface area contributed by atoms with E-state index < -0.39 is 0 Å². The zero-order valence-electron chi connectivity index (χ0n) is 10.5. The fraction of sp³-hybridized carbons (Fsp3) is 0.750. The molecule has 17 heavy (non-hydrogen) atoms. The number of imidazole rings is 1. The van der Waals surface area contributed by atoms with Gasteiger partial charge >= 0.3 is 0 Å². The van der Waals surface area contributed by atoms with Gasteiger partial charge in [0.2, 0.25) is 0 Å². The quantitative estimate of drug-likeness (QED) is 0.830. The summed E-state index contributed by atoms with van der Waals surface area (Å²) < 4.78 is 7.77. The summed E-state index contributed by atoms with van der Waals surface area (Å²) in [6.07, 6.45) is 3.95. The third kappa shape index (κ3) is 3.06. The van der Waals surface area contributed by atoms with Gasteiger partial charge in [-0.25, -0.2) is 4.98 Å². The topological polar surface area (TPSA) is 50.5 Å². The molecule has 1 aromatic heterocycles. The number of nitrogens with zero attached hydrogens (tertiary/aromatic N) is 3. The fourth-order valence-electron chi connectivity index (χ4n) is 2.35. The summed E-state index contributed by atoms with van der Waals surface area (Å²) in [7, 11) is 0. The maximum Gasteiger partial charge on any atom is 0.122 e. The smallest absolute Gasteiger partial charge is 0.122 e. The van der Waals surface area contributed by atoms with Gasteiger partial charge in [-0.15, -0.1) is 0 Å². The molecule has 2 rings (SSSR count). The molecule has 96 valence electrons. The van der Waals surface area contributed by atoms with Gasteiger partial charge < -0.3 is 14.4 Å². The van der Waals surface area contributed by atoms with Gasteiger partial charge in [-0.3, -0.25) is 4.90 Å². The predicted molar refractivity (Wildman–Crippen MR) is 64.6 cm³/mol. The fourth-order valence-corrected chi connectivity index (χ4v) is 2.35. The Bertz CT molecular complexity index is 353. The minimum atomic E-state index is -0.0659. The third-order valence-electron chi connectivity index (χ3n) is 3.11. The Morgan fingerprint density at radius 2 is 2.35 bits per heavy atom. The highest BCUT2D eigenvalue weighted by atomic mass is 16.5. The van der Waals surface area contributed by atoms with Crippen LogP contribution in [-0.2, 0) is 17.8 Å². The lowest BCUT2D eigenvalue weighted by atomic mass is 10.2. The van der Waals surface area contributed by atoms with Crippen LogP contribution in [0.1, 0.15) is 19.7 Å². The van der Waals surface area contributed by atoms with Crippen LogP contribution >= 0.6 is 0 Å². The highest BCUT2D eigenvalue weighted by Gasteiger charge is 2.25. The van der Waals surface area contributed by atoms with E-state index in [9.17, 15) is 5.11 Å². The molecule has 1 aliphatic heterocycles. The standard InChI is InChI=1S/C12H21N3O2/c1-3-15-5-4-13-12(15)8-14-6-10(2)17-11(7-14)9-16/h4-5,10-11,16H,3,6-9H2,1-2H3. The van der Waals surface area contributed by atoms with Crippen molar-refractivity contribution in [3.8, 4) is 0 Å². The van der Waals surface area contributed by atoms with E-state index in [2.05, 4.69) is 21.4 Å². The van der Waals surface area contributed by atoms with Gasteiger partial charge in [0.25, 0.3) is 0 Å². The average Bonchev–Trinajstić information content (AvgIpc) is 2.75. The summed E-state index contributed by atoms with van der Waals surface area (Å²) in [6, 6.07) is 0. The lowest BCUT2D eigenvalue weighted by Gasteiger charge is -2.35. The zero-order chi connectivity index (χ0) is 12.3. The molecule has 1 aliphatic rings. The molecule has 0 spiro atoms. The summed E-state index contributed by atoms with van der Waals surface area (Å²) in [5.41, 5.74) is 0. The number of hydrogen-bond donors (Lipinski definition) is 1. The van der Waals surface area contributed by atoms with Crippen molar-refractivity contribution in [1.29, 1.82) is 0 Å². The third-order valence-corrected chi connectivity index (χ3v) is 3.11. The highest BCUT2D eigenvalue weighted by Crippen LogP contribution is 2.13. The predicted octanol–water partition coefficient (Wildman–Crippen LogP) is 0.485. The van der Waals surface area contributed by atoms with E-state index in [0.717, 1.165) is 32.0 Å². The lowest BCUT2D eigenvalue weighted by Crippen LogP contribution is -2.47. The van der Waals surface area contributed by atoms with Crippen molar-refractivity contribution in [2.45, 2.75) is 39.1 Å². The van der Waals surface area contributed by atoms with Crippen LogP contribution in [0, 0.1) is 0 Å². The lowest BCUT2D eigenvalue weighted by molar-refractivity contribution is -0.0978. The van der Waals surface area contributed by atoms with Gasteiger partial charge in [0.05, 0.1) is 25.4 Å². The van der Waals surface area contributed by atoms with E-state index in [1.165, 1.54) is 0 Å². The second-order valence-corrected chi connectivity index (χ2v) is 4.57. The van der Waals surface area contributed by atoms with Gasteiger partial charge in [0, 0.05) is 32.0 Å². The number of aromatic nitrogens is 2. The number of morpholine rings is 1. The molecule has 5 heteroatoms. The first kappa shape index (κ1) is 12.5. The molecule has 1 aromatic rings. The Labute approximate surface area is 102 Å². The van der Waals surface area contributed by atoms with Crippen LogP contribution in [0.2, 0.25) is 0 Å². The Hall–Kier alpha value is -0.910. The summed E-state index contributed by atoms with van der Waals surface area (Å²) in [5, 5.41) is 9.18. The molecule has 0 amide bonds. The molecule has 0 bridgehead atoms. The molecule has 5 nitrogen and oxygen atoms in total. The zero-order valence-corrected chi connectivity index (χ0v) is 10.5. The van der Waals surface area contributed by atoms with Gasteiger partial charge in [-0.1, -0.05) is 0 Å². The minimum Gasteiger partial charge on any atom is -0.394 e. The number of aliphatic hydroxyl groups is 1. The summed E-state index contributed by atoms with van der Waals surface area (Å²) >= 11 is 0. The molecule has 2 heterocycles. The SMILES string of the molecule is CCn1ccnc1CN1CC(C)OC(CO)C1. The molecule has 1 saturated heterocycles. The van der Waals surface area contributed by atoms with E-state index in [1.54, 1.807) is 0 Å². The number of ether oxygens (including phenoxy) is 1. The minimum absolute atomic E-state index is 0.0659. The monoisotopic (exact) mass is 239 g/mol. The van der Waals surface area contributed by atoms with Crippen molar-refractivity contribution in [1.82, 2.24) is 14.5 Å². The Morgan fingerprint density at radius 3 is 3.06 bits per heavy atom. The molecular formula is C12H21N3O2. The first-order valence-corrected chi connectivity index (χ1v) is 6.21. The molecule has 0 radical (unpaired) electrons. The highest BCUT2D eigenvalue weighted by molar-refractivity contribution is 4.93. The Balaban J connectivity index is 1.98. The maximum absolute atomic E-state index is 9.18. The first-order valence-electron chi connectivity index (χ1n) is 6.21. The van der Waals surface area contributed by atoms with Crippen LogP contribution in [0.3, 0.4) is 0 Å².